The highest BCUT2D eigenvalue weighted by atomic mass is 32.1. The van der Waals surface area contributed by atoms with Gasteiger partial charge in [-0.25, -0.2) is 9.97 Å². The summed E-state index contributed by atoms with van der Waals surface area (Å²) >= 11 is 3.24. The molecule has 2 nitrogen and oxygen atoms in total. The van der Waals surface area contributed by atoms with E-state index in [0.717, 1.165) is 22.5 Å². The summed E-state index contributed by atoms with van der Waals surface area (Å²) in [6.45, 7) is 0. The van der Waals surface area contributed by atoms with Crippen LogP contribution in [0, 0.1) is 0 Å². The number of nitrogens with zero attached hydrogens (tertiary/aromatic N) is 2. The first-order valence-corrected chi connectivity index (χ1v) is 8.10. The predicted octanol–water partition coefficient (Wildman–Crippen LogP) is 5.09. The van der Waals surface area contributed by atoms with Crippen molar-refractivity contribution in [2.45, 2.75) is 0 Å². The molecule has 4 rings (SSSR count). The van der Waals surface area contributed by atoms with Crippen LogP contribution in [0.15, 0.2) is 58.2 Å². The molecule has 0 aliphatic rings. The van der Waals surface area contributed by atoms with Crippen LogP contribution in [-0.4, -0.2) is 9.97 Å². The van der Waals surface area contributed by atoms with Crippen LogP contribution in [0.2, 0.25) is 0 Å². The maximum atomic E-state index is 4.37. The monoisotopic (exact) mass is 294 g/mol. The highest BCUT2D eigenvalue weighted by Gasteiger charge is 2.04. The predicted molar refractivity (Wildman–Crippen MR) is 86.2 cm³/mol. The number of aromatic nitrogens is 2. The largest absolute Gasteiger partial charge is 0.245 e. The van der Waals surface area contributed by atoms with E-state index in [9.17, 15) is 0 Å². The molecule has 0 unspecified atom stereocenters. The second kappa shape index (κ2) is 4.81. The molecule has 4 heteroatoms. The maximum Gasteiger partial charge on any atom is 0.0811 e. The third-order valence-corrected chi connectivity index (χ3v) is 4.47. The third kappa shape index (κ3) is 2.03. The highest BCUT2D eigenvalue weighted by Crippen LogP contribution is 2.28. The zero-order valence-electron chi connectivity index (χ0n) is 10.5. The first kappa shape index (κ1) is 11.8. The summed E-state index contributed by atoms with van der Waals surface area (Å²) in [6.07, 6.45) is 0. The van der Waals surface area contributed by atoms with Gasteiger partial charge in [-0.1, -0.05) is 24.3 Å². The number of fused-ring (bicyclic) bond motifs is 1. The van der Waals surface area contributed by atoms with Crippen LogP contribution in [0.5, 0.6) is 0 Å². The van der Waals surface area contributed by atoms with Crippen molar-refractivity contribution in [3.63, 3.8) is 0 Å². The number of benzene rings is 2. The molecule has 0 saturated heterocycles. The Bertz CT molecular complexity index is 780. The molecule has 2 aromatic carbocycles. The van der Waals surface area contributed by atoms with E-state index >= 15 is 0 Å². The number of hydrogen-bond acceptors (Lipinski definition) is 4. The summed E-state index contributed by atoms with van der Waals surface area (Å²) in [7, 11) is 0. The van der Waals surface area contributed by atoms with Crippen LogP contribution in [0.25, 0.3) is 33.3 Å². The Labute approximate surface area is 124 Å². The van der Waals surface area contributed by atoms with E-state index in [4.69, 9.17) is 0 Å². The zero-order chi connectivity index (χ0) is 13.4. The topological polar surface area (TPSA) is 25.8 Å². The Morgan fingerprint density at radius 1 is 0.650 bits per heavy atom. The average molecular weight is 294 g/mol. The molecule has 0 aliphatic heterocycles. The van der Waals surface area contributed by atoms with Crippen molar-refractivity contribution in [2.24, 2.45) is 0 Å². The second-order valence-corrected chi connectivity index (χ2v) is 5.96. The fraction of sp³-hybridized carbons (Fsp3) is 0. The van der Waals surface area contributed by atoms with Gasteiger partial charge in [-0.05, 0) is 22.9 Å². The van der Waals surface area contributed by atoms with Gasteiger partial charge in [-0.2, -0.15) is 0 Å². The van der Waals surface area contributed by atoms with Crippen LogP contribution in [-0.2, 0) is 0 Å². The lowest BCUT2D eigenvalue weighted by atomic mass is 10.0. The van der Waals surface area contributed by atoms with Gasteiger partial charge >= 0.3 is 0 Å². The smallest absolute Gasteiger partial charge is 0.0811 e. The molecule has 0 bridgehead atoms. The molecule has 2 aromatic heterocycles. The van der Waals surface area contributed by atoms with E-state index in [2.05, 4.69) is 57.1 Å². The van der Waals surface area contributed by atoms with Crippen LogP contribution >= 0.6 is 22.7 Å². The summed E-state index contributed by atoms with van der Waals surface area (Å²) in [5.41, 5.74) is 8.13. The molecule has 0 N–H and O–H groups in total. The molecule has 0 atom stereocenters. The molecule has 96 valence electrons. The minimum Gasteiger partial charge on any atom is -0.245 e. The lowest BCUT2D eigenvalue weighted by Gasteiger charge is -2.04. The molecular weight excluding hydrogens is 284 g/mol. The molecule has 0 spiro atoms. The van der Waals surface area contributed by atoms with E-state index in [1.54, 1.807) is 22.7 Å². The quantitative estimate of drug-likeness (QED) is 0.515. The average Bonchev–Trinajstić information content (AvgIpc) is 3.19. The van der Waals surface area contributed by atoms with Gasteiger partial charge in [0, 0.05) is 21.9 Å². The van der Waals surface area contributed by atoms with Crippen molar-refractivity contribution in [3.8, 4) is 22.5 Å². The highest BCUT2D eigenvalue weighted by molar-refractivity contribution is 7.08. The van der Waals surface area contributed by atoms with Crippen molar-refractivity contribution >= 4 is 33.4 Å². The van der Waals surface area contributed by atoms with E-state index < -0.39 is 0 Å². The van der Waals surface area contributed by atoms with Crippen LogP contribution in [0.4, 0.5) is 0 Å². The normalized spacial score (nSPS) is 11.0. The summed E-state index contributed by atoms with van der Waals surface area (Å²) < 4.78 is 0. The Morgan fingerprint density at radius 3 is 1.65 bits per heavy atom. The van der Waals surface area contributed by atoms with Gasteiger partial charge in [-0.3, -0.25) is 0 Å². The van der Waals surface area contributed by atoms with Gasteiger partial charge in [0.25, 0.3) is 0 Å². The van der Waals surface area contributed by atoms with Crippen LogP contribution in [0.1, 0.15) is 0 Å². The Hall–Kier alpha value is -2.04. The standard InChI is InChI=1S/C16H10N2S2/c1-3-12(15-7-19-9-17-15)5-14-6-13(4-2-11(1)14)16-8-20-10-18-16/h1-10H. The molecule has 2 heterocycles. The Kier molecular flexibility index (Phi) is 2.83. The molecule has 4 aromatic rings. The first-order chi connectivity index (χ1) is 9.90. The summed E-state index contributed by atoms with van der Waals surface area (Å²) in [5, 5.41) is 6.61. The molecule has 0 fully saturated rings. The molecule has 0 aliphatic carbocycles. The lowest BCUT2D eigenvalue weighted by molar-refractivity contribution is 1.41. The van der Waals surface area contributed by atoms with E-state index in [1.165, 1.54) is 10.8 Å². The fourth-order valence-corrected chi connectivity index (χ4v) is 3.40. The van der Waals surface area contributed by atoms with E-state index in [1.807, 2.05) is 11.0 Å². The lowest BCUT2D eigenvalue weighted by Crippen LogP contribution is -1.81. The van der Waals surface area contributed by atoms with Gasteiger partial charge < -0.3 is 0 Å². The first-order valence-electron chi connectivity index (χ1n) is 6.21. The third-order valence-electron chi connectivity index (χ3n) is 3.30. The van der Waals surface area contributed by atoms with Crippen molar-refractivity contribution in [2.75, 3.05) is 0 Å². The molecular formula is C16H10N2S2. The maximum absolute atomic E-state index is 4.37. The Balaban J connectivity index is 1.88. The second-order valence-electron chi connectivity index (χ2n) is 4.52. The minimum absolute atomic E-state index is 1.04. The summed E-state index contributed by atoms with van der Waals surface area (Å²) in [5.74, 6) is 0. The van der Waals surface area contributed by atoms with E-state index in [-0.39, 0.29) is 0 Å². The van der Waals surface area contributed by atoms with Gasteiger partial charge in [0.15, 0.2) is 0 Å². The van der Waals surface area contributed by atoms with Crippen LogP contribution in [0.3, 0.4) is 0 Å². The van der Waals surface area contributed by atoms with Gasteiger partial charge in [0.05, 0.1) is 22.4 Å². The molecule has 0 radical (unpaired) electrons. The SMILES string of the molecule is c1nc(-c2ccc3ccc(-c4cscn4)cc3c2)cs1. The van der Waals surface area contributed by atoms with Crippen molar-refractivity contribution in [1.29, 1.82) is 0 Å². The Morgan fingerprint density at radius 2 is 1.20 bits per heavy atom. The molecule has 20 heavy (non-hydrogen) atoms. The van der Waals surface area contributed by atoms with Crippen LogP contribution < -0.4 is 0 Å². The number of thiazole rings is 2. The van der Waals surface area contributed by atoms with Gasteiger partial charge in [0.2, 0.25) is 0 Å². The number of rotatable bonds is 2. The van der Waals surface area contributed by atoms with E-state index in [0.29, 0.717) is 0 Å². The zero-order valence-corrected chi connectivity index (χ0v) is 12.1. The van der Waals surface area contributed by atoms with Crippen molar-refractivity contribution in [1.82, 2.24) is 9.97 Å². The number of hydrogen-bond donors (Lipinski definition) is 0. The molecule has 0 saturated carbocycles. The summed E-state index contributed by atoms with van der Waals surface area (Å²) in [6, 6.07) is 12.9. The summed E-state index contributed by atoms with van der Waals surface area (Å²) in [4.78, 5) is 8.75. The fourth-order valence-electron chi connectivity index (χ4n) is 2.28. The van der Waals surface area contributed by atoms with Crippen molar-refractivity contribution < 1.29 is 0 Å². The van der Waals surface area contributed by atoms with Crippen molar-refractivity contribution in [3.05, 3.63) is 58.2 Å². The minimum atomic E-state index is 1.04. The van der Waals surface area contributed by atoms with Gasteiger partial charge in [-0.15, -0.1) is 22.7 Å². The van der Waals surface area contributed by atoms with Gasteiger partial charge in [0.1, 0.15) is 0 Å². The molecule has 0 amide bonds.